The molecular weight excluding hydrogens is 707 g/mol. The third-order valence-electron chi connectivity index (χ3n) is 6.86. The molecule has 0 bridgehead atoms. The topological polar surface area (TPSA) is 111 Å². The Morgan fingerprint density at radius 2 is 1.29 bits per heavy atom. The average Bonchev–Trinajstić information content (AvgIpc) is 3.29. The summed E-state index contributed by atoms with van der Waals surface area (Å²) in [7, 11) is -14.3. The van der Waals surface area contributed by atoms with E-state index < -0.39 is 69.1 Å². The van der Waals surface area contributed by atoms with Crippen molar-refractivity contribution >= 4 is 25.7 Å². The number of nitrogens with zero attached hydrogens (tertiary/aromatic N) is 4. The van der Waals surface area contributed by atoms with E-state index in [4.69, 9.17) is 0 Å². The minimum absolute atomic E-state index is 0.124. The smallest absolute Gasteiger partial charge is 0.274 e. The zero-order chi connectivity index (χ0) is 35.9. The summed E-state index contributed by atoms with van der Waals surface area (Å²) in [5.74, 6) is 0.124. The van der Waals surface area contributed by atoms with E-state index in [1.54, 1.807) is 0 Å². The molecule has 0 aliphatic rings. The van der Waals surface area contributed by atoms with Crippen molar-refractivity contribution in [2.45, 2.75) is 49.9 Å². The fourth-order valence-corrected chi connectivity index (χ4v) is 7.35. The van der Waals surface area contributed by atoms with Crippen molar-refractivity contribution in [3.63, 3.8) is 0 Å². The van der Waals surface area contributed by atoms with E-state index >= 15 is 0 Å². The lowest BCUT2D eigenvalue weighted by molar-refractivity contribution is -0.137. The van der Waals surface area contributed by atoms with Gasteiger partial charge in [-0.3, -0.25) is 4.57 Å². The number of sulfonamides is 2. The van der Waals surface area contributed by atoms with Gasteiger partial charge < -0.3 is 0 Å². The van der Waals surface area contributed by atoms with E-state index in [0.29, 0.717) is 23.6 Å². The molecule has 4 rings (SSSR count). The van der Waals surface area contributed by atoms with Gasteiger partial charge in [0.1, 0.15) is 5.82 Å². The summed E-state index contributed by atoms with van der Waals surface area (Å²) in [5, 5.41) is 4.13. The number of hydrogen-bond acceptors (Lipinski definition) is 6. The fourth-order valence-electron chi connectivity index (χ4n) is 4.60. The van der Waals surface area contributed by atoms with Crippen molar-refractivity contribution in [2.75, 3.05) is 3.71 Å². The van der Waals surface area contributed by atoms with Crippen LogP contribution in [0.5, 0.6) is 0 Å². The highest BCUT2D eigenvalue weighted by molar-refractivity contribution is 8.11. The van der Waals surface area contributed by atoms with Crippen molar-refractivity contribution in [3.05, 3.63) is 100 Å². The summed E-state index contributed by atoms with van der Waals surface area (Å²) in [6.45, 7) is 1.54. The van der Waals surface area contributed by atoms with Gasteiger partial charge in [0, 0.05) is 12.0 Å². The summed E-state index contributed by atoms with van der Waals surface area (Å²) in [6.07, 6.45) is -3.48. The average molecular weight is 731 g/mol. The number of hydrogen-bond donors (Lipinski definition) is 0. The molecule has 9 nitrogen and oxygen atoms in total. The SMILES string of the molecule is CCCCc1nn(-c2ccccc2C(F)(F)F)c(=O)n1Cc1ccc(-c2ccccc2N(S(=O)(=O)C(F)(F)F)S(=O)(=O)C(F)(F)F)cc1. The quantitative estimate of drug-likeness (QED) is 0.170. The molecule has 3 aromatic carbocycles. The summed E-state index contributed by atoms with van der Waals surface area (Å²) in [6, 6.07) is 12.3. The summed E-state index contributed by atoms with van der Waals surface area (Å²) >= 11 is 0. The van der Waals surface area contributed by atoms with Gasteiger partial charge in [-0.25, -0.2) is 4.79 Å². The molecule has 0 atom stereocenters. The Morgan fingerprint density at radius 3 is 1.83 bits per heavy atom. The first kappa shape index (κ1) is 36.5. The number of halogens is 9. The Morgan fingerprint density at radius 1 is 0.750 bits per heavy atom. The van der Waals surface area contributed by atoms with Crippen LogP contribution in [0.25, 0.3) is 16.8 Å². The number of aryl methyl sites for hydroxylation is 1. The lowest BCUT2D eigenvalue weighted by Gasteiger charge is -2.27. The Kier molecular flexibility index (Phi) is 9.84. The van der Waals surface area contributed by atoms with Crippen molar-refractivity contribution in [1.29, 1.82) is 0 Å². The van der Waals surface area contributed by atoms with Gasteiger partial charge in [-0.05, 0) is 35.7 Å². The zero-order valence-corrected chi connectivity index (χ0v) is 25.9. The first-order valence-corrected chi connectivity index (χ1v) is 16.5. The minimum atomic E-state index is -7.15. The van der Waals surface area contributed by atoms with Crippen molar-refractivity contribution in [1.82, 2.24) is 14.3 Å². The maximum atomic E-state index is 13.7. The van der Waals surface area contributed by atoms with Crippen LogP contribution in [0.4, 0.5) is 45.2 Å². The molecule has 0 saturated heterocycles. The number of anilines is 1. The Labute approximate surface area is 266 Å². The van der Waals surface area contributed by atoms with Crippen molar-refractivity contribution in [3.8, 4) is 16.8 Å². The second-order valence-corrected chi connectivity index (χ2v) is 13.9. The first-order valence-electron chi connectivity index (χ1n) is 13.6. The third kappa shape index (κ3) is 6.94. The number of benzene rings is 3. The Bertz CT molecular complexity index is 2030. The van der Waals surface area contributed by atoms with Crippen LogP contribution in [-0.2, 0) is 39.2 Å². The lowest BCUT2D eigenvalue weighted by Crippen LogP contribution is -2.49. The lowest BCUT2D eigenvalue weighted by atomic mass is 10.0. The Balaban J connectivity index is 1.80. The molecule has 0 saturated carbocycles. The standard InChI is InChI=1S/C28H23F9N4O5S2/c1-2-3-12-24-38-40(23-11-7-5-9-21(23)26(29,30)31)25(42)39(24)17-18-13-15-19(16-14-18)20-8-4-6-10-22(20)41(47(43,44)27(32,33)34)48(45,46)28(35,36)37/h4-11,13-16H,2-3,12,17H2,1H3. The van der Waals surface area contributed by atoms with E-state index in [-0.39, 0.29) is 29.9 Å². The van der Waals surface area contributed by atoms with Gasteiger partial charge in [0.25, 0.3) is 0 Å². The molecule has 0 N–H and O–H groups in total. The van der Waals surface area contributed by atoms with Gasteiger partial charge >= 0.3 is 42.9 Å². The molecule has 0 unspecified atom stereocenters. The highest BCUT2D eigenvalue weighted by Gasteiger charge is 2.62. The molecule has 48 heavy (non-hydrogen) atoms. The molecule has 4 aromatic rings. The largest absolute Gasteiger partial charge is 0.517 e. The molecule has 0 amide bonds. The van der Waals surface area contributed by atoms with E-state index in [9.17, 15) is 61.1 Å². The monoisotopic (exact) mass is 730 g/mol. The molecule has 260 valence electrons. The first-order chi connectivity index (χ1) is 22.1. The zero-order valence-electron chi connectivity index (χ0n) is 24.3. The maximum Gasteiger partial charge on any atom is 0.517 e. The van der Waals surface area contributed by atoms with Crippen LogP contribution < -0.4 is 9.40 Å². The van der Waals surface area contributed by atoms with E-state index in [1.165, 1.54) is 18.2 Å². The molecule has 1 heterocycles. The number of para-hydroxylation sites is 2. The third-order valence-corrected chi connectivity index (χ3v) is 10.5. The van der Waals surface area contributed by atoms with E-state index in [0.717, 1.165) is 53.1 Å². The second-order valence-electron chi connectivity index (χ2n) is 10.1. The van der Waals surface area contributed by atoms with Crippen LogP contribution in [0.1, 0.15) is 36.7 Å². The molecule has 0 aliphatic carbocycles. The van der Waals surface area contributed by atoms with Gasteiger partial charge in [-0.1, -0.05) is 67.9 Å². The van der Waals surface area contributed by atoms with Gasteiger partial charge in [0.05, 0.1) is 23.5 Å². The van der Waals surface area contributed by atoms with Gasteiger partial charge in [-0.15, -0.1) is 8.81 Å². The van der Waals surface area contributed by atoms with Gasteiger partial charge in [0.15, 0.2) is 0 Å². The predicted molar refractivity (Wildman–Crippen MR) is 155 cm³/mol. The minimum Gasteiger partial charge on any atom is -0.274 e. The van der Waals surface area contributed by atoms with Crippen LogP contribution in [-0.4, -0.2) is 42.2 Å². The number of unbranched alkanes of at least 4 members (excludes halogenated alkanes) is 1. The number of aromatic nitrogens is 3. The number of rotatable bonds is 10. The summed E-state index contributed by atoms with van der Waals surface area (Å²) < 4.78 is 171. The second kappa shape index (κ2) is 12.9. The number of alkyl halides is 9. The summed E-state index contributed by atoms with van der Waals surface area (Å²) in [4.78, 5) is 13.4. The molecule has 0 radical (unpaired) electrons. The van der Waals surface area contributed by atoms with Gasteiger partial charge in [0.2, 0.25) is 0 Å². The highest BCUT2D eigenvalue weighted by Crippen LogP contribution is 2.42. The summed E-state index contributed by atoms with van der Waals surface area (Å²) in [5.41, 5.74) is -17.5. The molecule has 0 fully saturated rings. The highest BCUT2D eigenvalue weighted by atomic mass is 32.3. The van der Waals surface area contributed by atoms with E-state index in [2.05, 4.69) is 5.10 Å². The fraction of sp³-hybridized carbons (Fsp3) is 0.286. The van der Waals surface area contributed by atoms with Crippen molar-refractivity contribution < 1.29 is 56.3 Å². The molecular formula is C28H23F9N4O5S2. The van der Waals surface area contributed by atoms with Crippen LogP contribution >= 0.6 is 0 Å². The van der Waals surface area contributed by atoms with E-state index in [1.807, 2.05) is 6.92 Å². The molecule has 0 aliphatic heterocycles. The van der Waals surface area contributed by atoms with Crippen LogP contribution in [0, 0.1) is 0 Å². The normalized spacial score (nSPS) is 13.1. The maximum absolute atomic E-state index is 13.7. The predicted octanol–water partition coefficient (Wildman–Crippen LogP) is 6.62. The van der Waals surface area contributed by atoms with Crippen LogP contribution in [0.2, 0.25) is 0 Å². The molecule has 20 heteroatoms. The van der Waals surface area contributed by atoms with Gasteiger partial charge in [-0.2, -0.15) is 61.0 Å². The molecule has 1 aromatic heterocycles. The Hall–Kier alpha value is -4.33. The van der Waals surface area contributed by atoms with Crippen LogP contribution in [0.3, 0.4) is 0 Å². The van der Waals surface area contributed by atoms with Crippen LogP contribution in [0.15, 0.2) is 77.6 Å². The van der Waals surface area contributed by atoms with Crippen molar-refractivity contribution in [2.24, 2.45) is 0 Å². The molecule has 0 spiro atoms.